The van der Waals surface area contributed by atoms with Gasteiger partial charge in [0.25, 0.3) is 11.5 Å². The van der Waals surface area contributed by atoms with Crippen LogP contribution in [0.3, 0.4) is 0 Å². The third-order valence-corrected chi connectivity index (χ3v) is 6.22. The van der Waals surface area contributed by atoms with Crippen molar-refractivity contribution < 1.29 is 14.3 Å². The number of carbonyl (C=O) groups is 1. The molecule has 9 heteroatoms. The largest absolute Gasteiger partial charge is 0.454 e. The van der Waals surface area contributed by atoms with Crippen molar-refractivity contribution in [2.45, 2.75) is 13.0 Å². The molecule has 1 aromatic heterocycles. The molecule has 1 aliphatic rings. The summed E-state index contributed by atoms with van der Waals surface area (Å²) in [5.41, 5.74) is 2.87. The van der Waals surface area contributed by atoms with E-state index in [9.17, 15) is 9.59 Å². The highest BCUT2D eigenvalue weighted by Crippen LogP contribution is 2.34. The third-order valence-electron chi connectivity index (χ3n) is 5.64. The van der Waals surface area contributed by atoms with Gasteiger partial charge in [0.05, 0.1) is 17.4 Å². The summed E-state index contributed by atoms with van der Waals surface area (Å²) >= 11 is 11.3. The first-order valence-corrected chi connectivity index (χ1v) is 11.4. The number of rotatable bonds is 6. The average Bonchev–Trinajstić information content (AvgIpc) is 3.30. The highest BCUT2D eigenvalue weighted by atomic mass is 35.5. The molecule has 34 heavy (non-hydrogen) atoms. The van der Waals surface area contributed by atoms with Crippen molar-refractivity contribution in [3.8, 4) is 11.5 Å². The number of halogens is 1. The SMILES string of the molecule is O=C(NCCc1ccc(Cl)cc1)c1ccc(Cn2c(=S)[nH]c3cc4c(cc3c2=O)OCO4)cc1. The molecule has 0 atom stereocenters. The van der Waals surface area contributed by atoms with Crippen LogP contribution in [0.2, 0.25) is 5.02 Å². The predicted octanol–water partition coefficient (Wildman–Crippen LogP) is 4.46. The van der Waals surface area contributed by atoms with Gasteiger partial charge < -0.3 is 19.8 Å². The molecule has 0 unspecified atom stereocenters. The minimum Gasteiger partial charge on any atom is -0.454 e. The Hall–Kier alpha value is -3.62. The van der Waals surface area contributed by atoms with Crippen LogP contribution in [0.1, 0.15) is 21.5 Å². The molecule has 0 radical (unpaired) electrons. The Kier molecular flexibility index (Phi) is 6.08. The van der Waals surface area contributed by atoms with Crippen LogP contribution in [-0.4, -0.2) is 28.8 Å². The van der Waals surface area contributed by atoms with Gasteiger partial charge in [-0.15, -0.1) is 0 Å². The van der Waals surface area contributed by atoms with E-state index in [1.807, 2.05) is 36.4 Å². The van der Waals surface area contributed by atoms with E-state index in [1.165, 1.54) is 4.57 Å². The molecule has 172 valence electrons. The van der Waals surface area contributed by atoms with Crippen LogP contribution >= 0.6 is 23.8 Å². The second kappa shape index (κ2) is 9.32. The van der Waals surface area contributed by atoms with Gasteiger partial charge >= 0.3 is 0 Å². The van der Waals surface area contributed by atoms with Gasteiger partial charge in [0, 0.05) is 23.2 Å². The van der Waals surface area contributed by atoms with Gasteiger partial charge in [0.2, 0.25) is 6.79 Å². The molecular weight excluding hydrogens is 474 g/mol. The Balaban J connectivity index is 1.28. The van der Waals surface area contributed by atoms with E-state index in [4.69, 9.17) is 33.3 Å². The maximum absolute atomic E-state index is 13.1. The standard InChI is InChI=1S/C25H20ClN3O4S/c26-18-7-3-15(4-8-18)9-10-27-23(30)17-5-1-16(2-6-17)13-29-24(31)19-11-21-22(33-14-32-21)12-20(19)28-25(29)34/h1-8,11-12H,9-10,13-14H2,(H,27,30)(H,28,34). The lowest BCUT2D eigenvalue weighted by Gasteiger charge is -2.10. The number of hydrogen-bond donors (Lipinski definition) is 2. The molecule has 2 heterocycles. The van der Waals surface area contributed by atoms with Gasteiger partial charge in [-0.1, -0.05) is 35.9 Å². The number of aromatic amines is 1. The molecule has 0 fully saturated rings. The quantitative estimate of drug-likeness (QED) is 0.387. The molecule has 3 aromatic carbocycles. The molecule has 0 spiro atoms. The van der Waals surface area contributed by atoms with Crippen LogP contribution in [-0.2, 0) is 13.0 Å². The maximum Gasteiger partial charge on any atom is 0.262 e. The lowest BCUT2D eigenvalue weighted by molar-refractivity contribution is 0.0954. The topological polar surface area (TPSA) is 85.4 Å². The van der Waals surface area contributed by atoms with E-state index in [2.05, 4.69) is 10.3 Å². The minimum absolute atomic E-state index is 0.127. The second-order valence-electron chi connectivity index (χ2n) is 7.90. The third kappa shape index (κ3) is 4.55. The number of hydrogen-bond acceptors (Lipinski definition) is 5. The van der Waals surface area contributed by atoms with Crippen LogP contribution in [0.4, 0.5) is 0 Å². The summed E-state index contributed by atoms with van der Waals surface area (Å²) in [6.07, 6.45) is 0.713. The van der Waals surface area contributed by atoms with E-state index in [-0.39, 0.29) is 24.8 Å². The van der Waals surface area contributed by atoms with Gasteiger partial charge in [-0.05, 0) is 60.1 Å². The normalized spacial score (nSPS) is 12.1. The van der Waals surface area contributed by atoms with Crippen molar-refractivity contribution in [3.05, 3.63) is 97.5 Å². The summed E-state index contributed by atoms with van der Waals surface area (Å²) in [4.78, 5) is 28.7. The van der Waals surface area contributed by atoms with Gasteiger partial charge in [-0.25, -0.2) is 0 Å². The van der Waals surface area contributed by atoms with Gasteiger partial charge in [0.1, 0.15) is 0 Å². The fourth-order valence-electron chi connectivity index (χ4n) is 3.80. The lowest BCUT2D eigenvalue weighted by atomic mass is 10.1. The number of nitrogens with one attached hydrogen (secondary N) is 2. The molecule has 0 aliphatic carbocycles. The summed E-state index contributed by atoms with van der Waals surface area (Å²) in [7, 11) is 0. The molecule has 1 amide bonds. The highest BCUT2D eigenvalue weighted by Gasteiger charge is 2.17. The van der Waals surface area contributed by atoms with Gasteiger partial charge in [-0.3, -0.25) is 14.2 Å². The molecule has 1 aliphatic heterocycles. The van der Waals surface area contributed by atoms with Gasteiger partial charge in [0.15, 0.2) is 16.3 Å². The van der Waals surface area contributed by atoms with Crippen LogP contribution in [0.15, 0.2) is 65.5 Å². The van der Waals surface area contributed by atoms with Crippen molar-refractivity contribution in [2.24, 2.45) is 0 Å². The zero-order chi connectivity index (χ0) is 23.7. The first-order chi connectivity index (χ1) is 16.5. The minimum atomic E-state index is -0.221. The van der Waals surface area contributed by atoms with Crippen molar-refractivity contribution in [3.63, 3.8) is 0 Å². The Labute approximate surface area is 204 Å². The molecule has 7 nitrogen and oxygen atoms in total. The number of H-pyrrole nitrogens is 1. The Bertz CT molecular complexity index is 1490. The Morgan fingerprint density at radius 1 is 1.03 bits per heavy atom. The van der Waals surface area contributed by atoms with E-state index < -0.39 is 0 Å². The zero-order valence-corrected chi connectivity index (χ0v) is 19.5. The van der Waals surface area contributed by atoms with Crippen molar-refractivity contribution >= 4 is 40.6 Å². The average molecular weight is 494 g/mol. The number of aromatic nitrogens is 2. The molecule has 4 aromatic rings. The first kappa shape index (κ1) is 22.2. The van der Waals surface area contributed by atoms with Crippen LogP contribution in [0.5, 0.6) is 11.5 Å². The Morgan fingerprint density at radius 2 is 1.71 bits per heavy atom. The van der Waals surface area contributed by atoms with Crippen molar-refractivity contribution in [1.29, 1.82) is 0 Å². The molecule has 0 saturated carbocycles. The molecule has 5 rings (SSSR count). The first-order valence-electron chi connectivity index (χ1n) is 10.7. The number of benzene rings is 3. The number of ether oxygens (including phenoxy) is 2. The Morgan fingerprint density at radius 3 is 2.44 bits per heavy atom. The molecule has 2 N–H and O–H groups in total. The summed E-state index contributed by atoms with van der Waals surface area (Å²) in [5.74, 6) is 0.960. The highest BCUT2D eigenvalue weighted by molar-refractivity contribution is 7.71. The number of fused-ring (bicyclic) bond motifs is 2. The monoisotopic (exact) mass is 493 g/mol. The zero-order valence-electron chi connectivity index (χ0n) is 18.0. The fourth-order valence-corrected chi connectivity index (χ4v) is 4.19. The molecule has 0 bridgehead atoms. The van der Waals surface area contributed by atoms with E-state index in [1.54, 1.807) is 24.3 Å². The maximum atomic E-state index is 13.1. The summed E-state index contributed by atoms with van der Waals surface area (Å²) in [6.45, 7) is 0.918. The van der Waals surface area contributed by atoms with Crippen molar-refractivity contribution in [1.82, 2.24) is 14.9 Å². The predicted molar refractivity (Wildman–Crippen MR) is 133 cm³/mol. The fraction of sp³-hybridized carbons (Fsp3) is 0.160. The van der Waals surface area contributed by atoms with E-state index in [0.717, 1.165) is 11.1 Å². The number of nitrogens with zero attached hydrogens (tertiary/aromatic N) is 1. The summed E-state index contributed by atoms with van der Waals surface area (Å²) in [5, 5.41) is 4.07. The smallest absolute Gasteiger partial charge is 0.262 e. The molecule has 0 saturated heterocycles. The summed E-state index contributed by atoms with van der Waals surface area (Å²) in [6, 6.07) is 18.1. The number of carbonyl (C=O) groups excluding carboxylic acids is 1. The van der Waals surface area contributed by atoms with E-state index in [0.29, 0.717) is 50.7 Å². The molecular formula is C25H20ClN3O4S. The lowest BCUT2D eigenvalue weighted by Crippen LogP contribution is -2.25. The second-order valence-corrected chi connectivity index (χ2v) is 8.72. The van der Waals surface area contributed by atoms with Crippen LogP contribution in [0, 0.1) is 4.77 Å². The number of amides is 1. The van der Waals surface area contributed by atoms with Crippen LogP contribution in [0.25, 0.3) is 10.9 Å². The van der Waals surface area contributed by atoms with Crippen LogP contribution < -0.4 is 20.3 Å². The van der Waals surface area contributed by atoms with E-state index >= 15 is 0 Å². The van der Waals surface area contributed by atoms with Crippen molar-refractivity contribution in [2.75, 3.05) is 13.3 Å². The summed E-state index contributed by atoms with van der Waals surface area (Å²) < 4.78 is 12.6. The van der Waals surface area contributed by atoms with Gasteiger partial charge in [-0.2, -0.15) is 0 Å².